The quantitative estimate of drug-likeness (QED) is 0.389. The number of nitrogens with zero attached hydrogens (tertiary/aromatic N) is 1. The summed E-state index contributed by atoms with van der Waals surface area (Å²) in [4.78, 5) is 11.9. The van der Waals surface area contributed by atoms with E-state index in [0.717, 1.165) is 36.6 Å². The normalized spacial score (nSPS) is 10.8. The average molecular weight is 342 g/mol. The maximum Gasteiger partial charge on any atom is 0.275 e. The van der Waals surface area contributed by atoms with Gasteiger partial charge < -0.3 is 14.9 Å². The zero-order valence-corrected chi connectivity index (χ0v) is 14.1. The Kier molecular flexibility index (Phi) is 6.83. The van der Waals surface area contributed by atoms with Crippen molar-refractivity contribution in [1.82, 2.24) is 5.43 Å². The first-order chi connectivity index (χ1) is 12.1. The number of amides is 1. The molecule has 2 rings (SSSR count). The van der Waals surface area contributed by atoms with Crippen molar-refractivity contribution in [2.45, 2.75) is 26.2 Å². The van der Waals surface area contributed by atoms with Gasteiger partial charge in [0.1, 0.15) is 17.2 Å². The smallest absolute Gasteiger partial charge is 0.275 e. The molecule has 0 spiro atoms. The van der Waals surface area contributed by atoms with Crippen LogP contribution in [0.2, 0.25) is 0 Å². The molecule has 0 heterocycles. The van der Waals surface area contributed by atoms with E-state index in [0.29, 0.717) is 6.61 Å². The predicted molar refractivity (Wildman–Crippen MR) is 96.3 cm³/mol. The minimum Gasteiger partial charge on any atom is -0.508 e. The summed E-state index contributed by atoms with van der Waals surface area (Å²) in [6.45, 7) is 2.85. The molecule has 0 aliphatic carbocycles. The Balaban J connectivity index is 1.86. The summed E-state index contributed by atoms with van der Waals surface area (Å²) in [5.74, 6) is -0.192. The van der Waals surface area contributed by atoms with Crippen molar-refractivity contribution in [3.63, 3.8) is 0 Å². The van der Waals surface area contributed by atoms with Crippen molar-refractivity contribution >= 4 is 12.1 Å². The third kappa shape index (κ3) is 5.84. The van der Waals surface area contributed by atoms with Crippen LogP contribution < -0.4 is 10.2 Å². The molecule has 2 aromatic rings. The first kappa shape index (κ1) is 18.3. The van der Waals surface area contributed by atoms with Gasteiger partial charge in [-0.1, -0.05) is 19.8 Å². The number of hydrogen-bond donors (Lipinski definition) is 3. The van der Waals surface area contributed by atoms with Crippen LogP contribution in [0.4, 0.5) is 0 Å². The molecule has 0 atom stereocenters. The number of carbonyl (C=O) groups excluding carboxylic acids is 1. The lowest BCUT2D eigenvalue weighted by atomic mass is 10.2. The topological polar surface area (TPSA) is 91.2 Å². The first-order valence-corrected chi connectivity index (χ1v) is 8.18. The summed E-state index contributed by atoms with van der Waals surface area (Å²) in [5, 5.41) is 22.7. The molecule has 2 aromatic carbocycles. The molecule has 0 fully saturated rings. The van der Waals surface area contributed by atoms with Gasteiger partial charge in [-0.25, -0.2) is 5.43 Å². The minimum atomic E-state index is -0.565. The van der Waals surface area contributed by atoms with E-state index in [1.54, 1.807) is 0 Å². The molecule has 0 aliphatic rings. The van der Waals surface area contributed by atoms with Gasteiger partial charge in [0.25, 0.3) is 5.91 Å². The molecule has 6 heteroatoms. The maximum atomic E-state index is 11.9. The molecule has 25 heavy (non-hydrogen) atoms. The minimum absolute atomic E-state index is 0.0331. The lowest BCUT2D eigenvalue weighted by Crippen LogP contribution is -2.17. The molecule has 0 saturated heterocycles. The van der Waals surface area contributed by atoms with Gasteiger partial charge in [0.15, 0.2) is 0 Å². The van der Waals surface area contributed by atoms with Crippen molar-refractivity contribution in [2.24, 2.45) is 5.10 Å². The van der Waals surface area contributed by atoms with Crippen LogP contribution in [0.25, 0.3) is 0 Å². The molecule has 3 N–H and O–H groups in total. The Labute approximate surface area is 146 Å². The fourth-order valence-electron chi connectivity index (χ4n) is 2.13. The number of aromatic hydroxyl groups is 2. The maximum absolute atomic E-state index is 11.9. The number of nitrogens with one attached hydrogen (secondary N) is 1. The summed E-state index contributed by atoms with van der Waals surface area (Å²) in [7, 11) is 0. The monoisotopic (exact) mass is 342 g/mol. The number of phenolic OH excluding ortho intramolecular Hbond substituents is 2. The van der Waals surface area contributed by atoms with E-state index in [2.05, 4.69) is 17.5 Å². The highest BCUT2D eigenvalue weighted by atomic mass is 16.5. The molecular weight excluding hydrogens is 320 g/mol. The second-order valence-electron chi connectivity index (χ2n) is 5.53. The van der Waals surface area contributed by atoms with Crippen LogP contribution >= 0.6 is 0 Å². The summed E-state index contributed by atoms with van der Waals surface area (Å²) in [6.07, 6.45) is 4.85. The number of phenols is 2. The van der Waals surface area contributed by atoms with Crippen LogP contribution in [0.5, 0.6) is 17.2 Å². The van der Waals surface area contributed by atoms with Crippen LogP contribution in [0, 0.1) is 0 Å². The van der Waals surface area contributed by atoms with E-state index < -0.39 is 5.91 Å². The number of hydrazone groups is 1. The fraction of sp³-hybridized carbons (Fsp3) is 0.263. The van der Waals surface area contributed by atoms with Gasteiger partial charge in [0.2, 0.25) is 0 Å². The van der Waals surface area contributed by atoms with Crippen molar-refractivity contribution < 1.29 is 19.7 Å². The Hall–Kier alpha value is -3.02. The second kappa shape index (κ2) is 9.32. The standard InChI is InChI=1S/C19H22N2O4/c1-2-3-4-11-25-16-8-5-14(6-9-16)13-20-21-19(24)17-10-7-15(22)12-18(17)23/h5-10,12-13,22-23H,2-4,11H2,1H3,(H,21,24)/b20-13+. The molecule has 0 bridgehead atoms. The van der Waals surface area contributed by atoms with E-state index in [1.807, 2.05) is 24.3 Å². The lowest BCUT2D eigenvalue weighted by Gasteiger charge is -2.05. The van der Waals surface area contributed by atoms with Crippen LogP contribution in [0.1, 0.15) is 42.1 Å². The van der Waals surface area contributed by atoms with E-state index >= 15 is 0 Å². The number of hydrogen-bond acceptors (Lipinski definition) is 5. The summed E-state index contributed by atoms with van der Waals surface area (Å²) in [6, 6.07) is 11.1. The molecule has 0 saturated carbocycles. The molecular formula is C19H22N2O4. The second-order valence-corrected chi connectivity index (χ2v) is 5.53. The Morgan fingerprint density at radius 2 is 1.92 bits per heavy atom. The molecule has 0 aromatic heterocycles. The number of unbranched alkanes of at least 4 members (excludes halogenated alkanes) is 2. The highest BCUT2D eigenvalue weighted by molar-refractivity contribution is 5.97. The van der Waals surface area contributed by atoms with Crippen molar-refractivity contribution in [1.29, 1.82) is 0 Å². The van der Waals surface area contributed by atoms with Crippen LogP contribution in [-0.4, -0.2) is 28.9 Å². The Bertz CT molecular complexity index is 727. The largest absolute Gasteiger partial charge is 0.508 e. The molecule has 132 valence electrons. The summed E-state index contributed by atoms with van der Waals surface area (Å²) < 4.78 is 5.62. The van der Waals surface area contributed by atoms with Gasteiger partial charge in [0, 0.05) is 6.07 Å². The van der Waals surface area contributed by atoms with Gasteiger partial charge in [-0.15, -0.1) is 0 Å². The van der Waals surface area contributed by atoms with Crippen LogP contribution in [-0.2, 0) is 0 Å². The number of ether oxygens (including phenoxy) is 1. The number of rotatable bonds is 8. The van der Waals surface area contributed by atoms with Crippen molar-refractivity contribution in [2.75, 3.05) is 6.61 Å². The van der Waals surface area contributed by atoms with E-state index in [9.17, 15) is 15.0 Å². The summed E-state index contributed by atoms with van der Waals surface area (Å²) in [5.41, 5.74) is 3.16. The number of benzene rings is 2. The Morgan fingerprint density at radius 1 is 1.16 bits per heavy atom. The average Bonchev–Trinajstić information content (AvgIpc) is 2.60. The molecule has 0 aliphatic heterocycles. The van der Waals surface area contributed by atoms with Crippen LogP contribution in [0.15, 0.2) is 47.6 Å². The van der Waals surface area contributed by atoms with Gasteiger partial charge in [0.05, 0.1) is 18.4 Å². The van der Waals surface area contributed by atoms with Gasteiger partial charge in [-0.05, 0) is 48.4 Å². The van der Waals surface area contributed by atoms with E-state index in [-0.39, 0.29) is 17.1 Å². The predicted octanol–water partition coefficient (Wildman–Crippen LogP) is 3.43. The van der Waals surface area contributed by atoms with Crippen molar-refractivity contribution in [3.8, 4) is 17.2 Å². The van der Waals surface area contributed by atoms with E-state index in [1.165, 1.54) is 18.3 Å². The summed E-state index contributed by atoms with van der Waals surface area (Å²) >= 11 is 0. The third-order valence-corrected chi connectivity index (χ3v) is 3.50. The molecule has 6 nitrogen and oxygen atoms in total. The molecule has 1 amide bonds. The zero-order chi connectivity index (χ0) is 18.1. The number of carbonyl (C=O) groups is 1. The van der Waals surface area contributed by atoms with Gasteiger partial charge in [-0.2, -0.15) is 5.10 Å². The van der Waals surface area contributed by atoms with Crippen LogP contribution in [0.3, 0.4) is 0 Å². The highest BCUT2D eigenvalue weighted by Crippen LogP contribution is 2.22. The lowest BCUT2D eigenvalue weighted by molar-refractivity contribution is 0.0952. The Morgan fingerprint density at radius 3 is 2.60 bits per heavy atom. The highest BCUT2D eigenvalue weighted by Gasteiger charge is 2.10. The fourth-order valence-corrected chi connectivity index (χ4v) is 2.13. The molecule has 0 unspecified atom stereocenters. The SMILES string of the molecule is CCCCCOc1ccc(/C=N/NC(=O)c2ccc(O)cc2O)cc1. The van der Waals surface area contributed by atoms with E-state index in [4.69, 9.17) is 4.74 Å². The third-order valence-electron chi connectivity index (χ3n) is 3.50. The first-order valence-electron chi connectivity index (χ1n) is 8.18. The molecule has 0 radical (unpaired) electrons. The van der Waals surface area contributed by atoms with Crippen molar-refractivity contribution in [3.05, 3.63) is 53.6 Å². The zero-order valence-electron chi connectivity index (χ0n) is 14.1. The van der Waals surface area contributed by atoms with Gasteiger partial charge >= 0.3 is 0 Å². The van der Waals surface area contributed by atoms with Gasteiger partial charge in [-0.3, -0.25) is 4.79 Å².